The molecule has 1 atom stereocenters. The molecule has 196 valence electrons. The average Bonchev–Trinajstić information content (AvgIpc) is 3.22. The maximum absolute atomic E-state index is 5.10. The Bertz CT molecular complexity index is 1460. The third-order valence-electron chi connectivity index (χ3n) is 6.90. The maximum Gasteiger partial charge on any atom is 0.163 e. The van der Waals surface area contributed by atoms with Crippen molar-refractivity contribution in [3.8, 4) is 0 Å². The molecule has 0 aromatic heterocycles. The molecule has 1 aliphatic carbocycles. The molecule has 2 N–H and O–H groups in total. The van der Waals surface area contributed by atoms with Gasteiger partial charge in [0, 0.05) is 93.2 Å². The smallest absolute Gasteiger partial charge is 0.163 e. The van der Waals surface area contributed by atoms with Gasteiger partial charge in [-0.3, -0.25) is 0 Å². The maximum atomic E-state index is 5.10. The second kappa shape index (κ2) is 10.5. The summed E-state index contributed by atoms with van der Waals surface area (Å²) in [5.74, 6) is 2.01. The summed E-state index contributed by atoms with van der Waals surface area (Å²) in [5.41, 5.74) is 8.00. The lowest BCUT2D eigenvalue weighted by molar-refractivity contribution is 0.870. The minimum Gasteiger partial charge on any atom is -0.387 e. The number of nitrogens with one attached hydrogen (secondary N) is 2. The van der Waals surface area contributed by atoms with E-state index in [9.17, 15) is 0 Å². The highest BCUT2D eigenvalue weighted by atomic mass is 32.2. The summed E-state index contributed by atoms with van der Waals surface area (Å²) in [4.78, 5) is 25.6. The van der Waals surface area contributed by atoms with Gasteiger partial charge in [0.05, 0.1) is 11.6 Å². The van der Waals surface area contributed by atoms with Crippen LogP contribution in [0.5, 0.6) is 0 Å². The molecule has 0 spiro atoms. The SMILES string of the molecule is CNc1cc(N(C)C)ccc1C1=NC2=CC(SC)=CC3=NC(c4ccc(N(C)C)cc4NC)=NC(=N1)C3C2. The van der Waals surface area contributed by atoms with Crippen LogP contribution >= 0.6 is 11.8 Å². The number of anilines is 4. The van der Waals surface area contributed by atoms with Crippen LogP contribution in [-0.4, -0.2) is 71.8 Å². The van der Waals surface area contributed by atoms with E-state index in [0.29, 0.717) is 18.1 Å². The normalized spacial score (nSPS) is 18.0. The van der Waals surface area contributed by atoms with Crippen molar-refractivity contribution in [1.82, 2.24) is 0 Å². The third kappa shape index (κ3) is 4.86. The lowest BCUT2D eigenvalue weighted by Gasteiger charge is -2.22. The molecule has 2 aromatic rings. The number of aliphatic imine (C=N–C) groups is 4. The van der Waals surface area contributed by atoms with Crippen LogP contribution in [0, 0.1) is 5.92 Å². The monoisotopic (exact) mass is 526 g/mol. The van der Waals surface area contributed by atoms with Crippen molar-refractivity contribution in [2.24, 2.45) is 25.9 Å². The molecule has 8 nitrogen and oxygen atoms in total. The van der Waals surface area contributed by atoms with Crippen LogP contribution in [0.15, 0.2) is 79.1 Å². The Balaban J connectivity index is 1.69. The topological polar surface area (TPSA) is 80.0 Å². The van der Waals surface area contributed by atoms with Crippen molar-refractivity contribution >= 4 is 57.7 Å². The summed E-state index contributed by atoms with van der Waals surface area (Å²) in [6.07, 6.45) is 7.11. The van der Waals surface area contributed by atoms with Crippen LogP contribution in [0.3, 0.4) is 0 Å². The van der Waals surface area contributed by atoms with Crippen molar-refractivity contribution in [3.05, 3.63) is 70.3 Å². The molecule has 3 aliphatic rings. The van der Waals surface area contributed by atoms with Gasteiger partial charge in [-0.1, -0.05) is 0 Å². The van der Waals surface area contributed by atoms with Gasteiger partial charge in [-0.05, 0) is 54.8 Å². The number of fused-ring (bicyclic) bond motifs is 1. The Hall–Kier alpha value is -3.85. The Morgan fingerprint density at radius 2 is 1.34 bits per heavy atom. The van der Waals surface area contributed by atoms with Crippen molar-refractivity contribution < 1.29 is 0 Å². The molecule has 0 amide bonds. The van der Waals surface area contributed by atoms with Gasteiger partial charge >= 0.3 is 0 Å². The van der Waals surface area contributed by atoms with E-state index in [1.54, 1.807) is 11.8 Å². The van der Waals surface area contributed by atoms with E-state index in [1.165, 1.54) is 0 Å². The zero-order valence-corrected chi connectivity index (χ0v) is 23.8. The molecule has 0 fully saturated rings. The van der Waals surface area contributed by atoms with Crippen molar-refractivity contribution in [2.75, 3.05) is 69.0 Å². The molecular weight excluding hydrogens is 492 g/mol. The number of nitrogens with zero attached hydrogens (tertiary/aromatic N) is 6. The van der Waals surface area contributed by atoms with E-state index in [4.69, 9.17) is 20.0 Å². The van der Waals surface area contributed by atoms with E-state index in [2.05, 4.69) is 75.2 Å². The molecule has 0 saturated carbocycles. The first-order chi connectivity index (χ1) is 18.3. The molecule has 1 unspecified atom stereocenters. The zero-order chi connectivity index (χ0) is 27.0. The van der Waals surface area contributed by atoms with Gasteiger partial charge in [-0.25, -0.2) is 20.0 Å². The van der Waals surface area contributed by atoms with E-state index in [1.807, 2.05) is 42.3 Å². The molecule has 0 radical (unpaired) electrons. The van der Waals surface area contributed by atoms with Crippen LogP contribution < -0.4 is 20.4 Å². The highest BCUT2D eigenvalue weighted by Gasteiger charge is 2.33. The van der Waals surface area contributed by atoms with Gasteiger partial charge in [0.15, 0.2) is 11.7 Å². The largest absolute Gasteiger partial charge is 0.387 e. The van der Waals surface area contributed by atoms with Crippen LogP contribution in [0.4, 0.5) is 22.7 Å². The number of allylic oxidation sites excluding steroid dienone is 3. The molecule has 2 heterocycles. The Labute approximate surface area is 229 Å². The van der Waals surface area contributed by atoms with Crippen LogP contribution in [0.1, 0.15) is 17.5 Å². The number of benzene rings is 2. The van der Waals surface area contributed by atoms with Crippen molar-refractivity contribution in [2.45, 2.75) is 6.42 Å². The lowest BCUT2D eigenvalue weighted by Crippen LogP contribution is -2.28. The first-order valence-corrected chi connectivity index (χ1v) is 13.8. The predicted octanol–water partition coefficient (Wildman–Crippen LogP) is 5.11. The summed E-state index contributed by atoms with van der Waals surface area (Å²) in [5, 5.41) is 6.67. The van der Waals surface area contributed by atoms with Gasteiger partial charge in [0.2, 0.25) is 0 Å². The fourth-order valence-electron chi connectivity index (χ4n) is 4.73. The number of hydrogen-bond donors (Lipinski definition) is 2. The molecule has 0 saturated heterocycles. The number of amidine groups is 3. The van der Waals surface area contributed by atoms with Crippen LogP contribution in [0.25, 0.3) is 0 Å². The van der Waals surface area contributed by atoms with Crippen LogP contribution in [0.2, 0.25) is 0 Å². The second-order valence-corrected chi connectivity index (χ2v) is 10.6. The quantitative estimate of drug-likeness (QED) is 0.524. The van der Waals surface area contributed by atoms with Crippen molar-refractivity contribution in [1.29, 1.82) is 0 Å². The van der Waals surface area contributed by atoms with Gasteiger partial charge in [-0.2, -0.15) is 0 Å². The third-order valence-corrected chi connectivity index (χ3v) is 7.61. The van der Waals surface area contributed by atoms with Gasteiger partial charge < -0.3 is 20.4 Å². The second-order valence-electron chi connectivity index (χ2n) is 9.77. The molecule has 2 bridgehead atoms. The minimum absolute atomic E-state index is 0.0472. The Morgan fingerprint density at radius 1 is 0.763 bits per heavy atom. The van der Waals surface area contributed by atoms with E-state index < -0.39 is 0 Å². The lowest BCUT2D eigenvalue weighted by atomic mass is 9.95. The summed E-state index contributed by atoms with van der Waals surface area (Å²) < 4.78 is 0. The summed E-state index contributed by atoms with van der Waals surface area (Å²) in [7, 11) is 12.0. The van der Waals surface area contributed by atoms with E-state index in [0.717, 1.165) is 56.0 Å². The fraction of sp³-hybridized carbons (Fsp3) is 0.310. The van der Waals surface area contributed by atoms with Crippen molar-refractivity contribution in [3.63, 3.8) is 0 Å². The van der Waals surface area contributed by atoms with E-state index in [-0.39, 0.29) is 5.92 Å². The van der Waals surface area contributed by atoms with Crippen LogP contribution in [-0.2, 0) is 0 Å². The first kappa shape index (κ1) is 25.8. The average molecular weight is 527 g/mol. The summed E-state index contributed by atoms with van der Waals surface area (Å²) in [6, 6.07) is 12.6. The predicted molar refractivity (Wildman–Crippen MR) is 166 cm³/mol. The zero-order valence-electron chi connectivity index (χ0n) is 23.0. The minimum atomic E-state index is -0.0472. The Morgan fingerprint density at radius 3 is 1.87 bits per heavy atom. The molecule has 9 heteroatoms. The fourth-order valence-corrected chi connectivity index (χ4v) is 5.22. The summed E-state index contributed by atoms with van der Waals surface area (Å²) in [6.45, 7) is 0. The van der Waals surface area contributed by atoms with Gasteiger partial charge in [0.1, 0.15) is 5.84 Å². The van der Waals surface area contributed by atoms with E-state index >= 15 is 0 Å². The first-order valence-electron chi connectivity index (χ1n) is 12.6. The Kier molecular flexibility index (Phi) is 7.12. The molecule has 5 rings (SSSR count). The van der Waals surface area contributed by atoms with Gasteiger partial charge in [-0.15, -0.1) is 11.8 Å². The summed E-state index contributed by atoms with van der Waals surface area (Å²) >= 11 is 1.70. The molecular formula is C29H34N8S. The highest BCUT2D eigenvalue weighted by molar-refractivity contribution is 8.02. The highest BCUT2D eigenvalue weighted by Crippen LogP contribution is 2.35. The van der Waals surface area contributed by atoms with Gasteiger partial charge in [0.25, 0.3) is 0 Å². The number of hydrogen-bond acceptors (Lipinski definition) is 9. The molecule has 2 aromatic carbocycles. The molecule has 38 heavy (non-hydrogen) atoms. The number of thioether (sulfide) groups is 1. The number of rotatable bonds is 7. The standard InChI is InChI=1S/C29H34N8S/c1-30-24-14-18(36(3)4)8-10-21(24)27-32-17-12-20(38-7)16-26-23(13-17)29(34-27)35-28(33-26)22-11-9-19(37(5)6)15-25(22)31-2/h8-12,14-16,23,30-31H,13H2,1-7H3. The molecule has 2 aliphatic heterocycles.